The summed E-state index contributed by atoms with van der Waals surface area (Å²) in [5, 5.41) is 3.83. The highest BCUT2D eigenvalue weighted by molar-refractivity contribution is 7.99. The first-order chi connectivity index (χ1) is 17.3. The molecule has 1 N–H and O–H groups in total. The molecular weight excluding hydrogens is 498 g/mol. The van der Waals surface area contributed by atoms with E-state index in [9.17, 15) is 9.59 Å². The lowest BCUT2D eigenvalue weighted by Gasteiger charge is -2.40. The Labute approximate surface area is 222 Å². The van der Waals surface area contributed by atoms with Crippen molar-refractivity contribution in [1.82, 2.24) is 24.7 Å². The lowest BCUT2D eigenvalue weighted by molar-refractivity contribution is -0.130. The number of aromatic nitrogens is 2. The van der Waals surface area contributed by atoms with Gasteiger partial charge in [0.1, 0.15) is 11.0 Å². The molecule has 2 aromatic rings. The summed E-state index contributed by atoms with van der Waals surface area (Å²) in [5.74, 6) is 1.10. The molecule has 0 bridgehead atoms. The van der Waals surface area contributed by atoms with E-state index in [0.717, 1.165) is 44.0 Å². The number of hydrogen-bond donors (Lipinski definition) is 1. The molecule has 194 valence electrons. The van der Waals surface area contributed by atoms with Crippen molar-refractivity contribution in [2.45, 2.75) is 32.0 Å². The third-order valence-corrected chi connectivity index (χ3v) is 7.67. The van der Waals surface area contributed by atoms with E-state index in [-0.39, 0.29) is 23.7 Å². The summed E-state index contributed by atoms with van der Waals surface area (Å²) in [7, 11) is 0. The molecule has 1 atom stereocenters. The van der Waals surface area contributed by atoms with Crippen LogP contribution in [0.2, 0.25) is 5.15 Å². The highest BCUT2D eigenvalue weighted by Gasteiger charge is 2.29. The number of amides is 3. The molecule has 3 heterocycles. The Kier molecular flexibility index (Phi) is 8.92. The molecule has 0 spiro atoms. The van der Waals surface area contributed by atoms with E-state index in [4.69, 9.17) is 11.6 Å². The van der Waals surface area contributed by atoms with Crippen LogP contribution in [0.5, 0.6) is 0 Å². The lowest BCUT2D eigenvalue weighted by atomic mass is 10.2. The van der Waals surface area contributed by atoms with Gasteiger partial charge in [0.05, 0.1) is 5.75 Å². The Hall–Kier alpha value is -2.56. The van der Waals surface area contributed by atoms with Crippen LogP contribution in [0.15, 0.2) is 35.5 Å². The normalized spacial score (nSPS) is 18.9. The molecular formula is C25H34ClN7O2S. The van der Waals surface area contributed by atoms with Gasteiger partial charge in [0.25, 0.3) is 0 Å². The fourth-order valence-corrected chi connectivity index (χ4v) is 5.51. The van der Waals surface area contributed by atoms with E-state index >= 15 is 0 Å². The van der Waals surface area contributed by atoms with Crippen molar-refractivity contribution in [3.63, 3.8) is 0 Å². The number of hydrogen-bond acceptors (Lipinski definition) is 7. The number of piperazine rings is 2. The monoisotopic (exact) mass is 531 g/mol. The molecule has 2 aliphatic heterocycles. The topological polar surface area (TPSA) is 84.9 Å². The van der Waals surface area contributed by atoms with Crippen molar-refractivity contribution >= 4 is 46.8 Å². The molecule has 1 aromatic heterocycles. The first-order valence-electron chi connectivity index (χ1n) is 12.4. The highest BCUT2D eigenvalue weighted by Crippen LogP contribution is 2.25. The number of anilines is 2. The molecule has 0 radical (unpaired) electrons. The van der Waals surface area contributed by atoms with E-state index in [1.54, 1.807) is 6.07 Å². The number of rotatable bonds is 6. The van der Waals surface area contributed by atoms with Gasteiger partial charge in [0.2, 0.25) is 5.91 Å². The van der Waals surface area contributed by atoms with Gasteiger partial charge in [0, 0.05) is 63.6 Å². The second-order valence-electron chi connectivity index (χ2n) is 9.22. The number of benzene rings is 1. The van der Waals surface area contributed by atoms with Crippen LogP contribution in [0.25, 0.3) is 0 Å². The Morgan fingerprint density at radius 1 is 1.11 bits per heavy atom. The maximum atomic E-state index is 12.9. The summed E-state index contributed by atoms with van der Waals surface area (Å²) in [5.41, 5.74) is 1.89. The summed E-state index contributed by atoms with van der Waals surface area (Å²) in [6.07, 6.45) is 0. The van der Waals surface area contributed by atoms with Crippen molar-refractivity contribution in [2.75, 3.05) is 68.3 Å². The van der Waals surface area contributed by atoms with Gasteiger partial charge in [-0.2, -0.15) is 0 Å². The Morgan fingerprint density at radius 2 is 1.89 bits per heavy atom. The van der Waals surface area contributed by atoms with E-state index in [0.29, 0.717) is 35.8 Å². The highest BCUT2D eigenvalue weighted by atomic mass is 35.5. The number of urea groups is 1. The predicted octanol–water partition coefficient (Wildman–Crippen LogP) is 3.44. The van der Waals surface area contributed by atoms with E-state index in [1.807, 2.05) is 47.9 Å². The fraction of sp³-hybridized carbons (Fsp3) is 0.520. The van der Waals surface area contributed by atoms with Gasteiger partial charge in [-0.3, -0.25) is 4.79 Å². The molecule has 1 aromatic carbocycles. The van der Waals surface area contributed by atoms with E-state index in [2.05, 4.69) is 32.0 Å². The SMILES string of the molecule is CCN1CCN(C(=O)CSc2nc(Cl)cc(N3CCN(C(=O)Nc4cccc(C)c4)C(C)C3)n2)CC1. The van der Waals surface area contributed by atoms with Gasteiger partial charge in [-0.05, 0) is 38.1 Å². The number of thioether (sulfide) groups is 1. The number of nitrogens with zero attached hydrogens (tertiary/aromatic N) is 6. The number of likely N-dealkylation sites (N-methyl/N-ethyl adjacent to an activating group) is 1. The number of halogens is 1. The molecule has 36 heavy (non-hydrogen) atoms. The quantitative estimate of drug-likeness (QED) is 0.347. The van der Waals surface area contributed by atoms with Crippen LogP contribution in [0, 0.1) is 6.92 Å². The first kappa shape index (κ1) is 26.5. The third-order valence-electron chi connectivity index (χ3n) is 6.64. The Morgan fingerprint density at radius 3 is 2.58 bits per heavy atom. The standard InChI is InChI=1S/C25H34ClN7O2S/c1-4-30-8-10-31(11-9-30)23(34)17-36-24-28-21(26)15-22(29-24)32-12-13-33(19(3)16-32)25(35)27-20-7-5-6-18(2)14-20/h5-7,14-15,19H,4,8-13,16-17H2,1-3H3,(H,27,35). The van der Waals surface area contributed by atoms with Crippen molar-refractivity contribution < 1.29 is 9.59 Å². The van der Waals surface area contributed by atoms with Crippen molar-refractivity contribution in [3.05, 3.63) is 41.0 Å². The average molecular weight is 532 g/mol. The zero-order valence-corrected chi connectivity index (χ0v) is 22.7. The molecule has 3 amide bonds. The minimum atomic E-state index is -0.108. The molecule has 4 rings (SSSR count). The minimum Gasteiger partial charge on any atom is -0.353 e. The lowest BCUT2D eigenvalue weighted by Crippen LogP contribution is -2.55. The van der Waals surface area contributed by atoms with Crippen LogP contribution >= 0.6 is 23.4 Å². The smallest absolute Gasteiger partial charge is 0.322 e. The van der Waals surface area contributed by atoms with Crippen LogP contribution in [0.4, 0.5) is 16.3 Å². The summed E-state index contributed by atoms with van der Waals surface area (Å²) < 4.78 is 0. The molecule has 2 fully saturated rings. The Bertz CT molecular complexity index is 1080. The van der Waals surface area contributed by atoms with Crippen LogP contribution in [0.1, 0.15) is 19.4 Å². The minimum absolute atomic E-state index is 0.0169. The summed E-state index contributed by atoms with van der Waals surface area (Å²) >= 11 is 7.63. The molecule has 0 saturated carbocycles. The van der Waals surface area contributed by atoms with Gasteiger partial charge < -0.3 is 24.9 Å². The van der Waals surface area contributed by atoms with Crippen LogP contribution in [-0.4, -0.2) is 101 Å². The molecule has 9 nitrogen and oxygen atoms in total. The van der Waals surface area contributed by atoms with Gasteiger partial charge in [-0.25, -0.2) is 14.8 Å². The van der Waals surface area contributed by atoms with Gasteiger partial charge >= 0.3 is 6.03 Å². The van der Waals surface area contributed by atoms with Crippen LogP contribution in [-0.2, 0) is 4.79 Å². The zero-order valence-electron chi connectivity index (χ0n) is 21.1. The van der Waals surface area contributed by atoms with Gasteiger partial charge in [-0.15, -0.1) is 0 Å². The van der Waals surface area contributed by atoms with Crippen molar-refractivity contribution in [1.29, 1.82) is 0 Å². The largest absolute Gasteiger partial charge is 0.353 e. The Balaban J connectivity index is 1.32. The van der Waals surface area contributed by atoms with Gasteiger partial charge in [0.15, 0.2) is 5.16 Å². The third kappa shape index (κ3) is 6.80. The maximum Gasteiger partial charge on any atom is 0.322 e. The first-order valence-corrected chi connectivity index (χ1v) is 13.8. The molecule has 2 saturated heterocycles. The second kappa shape index (κ2) is 12.1. The second-order valence-corrected chi connectivity index (χ2v) is 10.6. The summed E-state index contributed by atoms with van der Waals surface area (Å²) in [6, 6.07) is 9.40. The number of nitrogens with one attached hydrogen (secondary N) is 1. The van der Waals surface area contributed by atoms with Crippen molar-refractivity contribution in [2.24, 2.45) is 0 Å². The molecule has 0 aliphatic carbocycles. The van der Waals surface area contributed by atoms with E-state index < -0.39 is 0 Å². The molecule has 1 unspecified atom stereocenters. The zero-order chi connectivity index (χ0) is 25.7. The molecule has 11 heteroatoms. The van der Waals surface area contributed by atoms with Crippen LogP contribution in [0.3, 0.4) is 0 Å². The van der Waals surface area contributed by atoms with Gasteiger partial charge in [-0.1, -0.05) is 42.4 Å². The van der Waals surface area contributed by atoms with E-state index in [1.165, 1.54) is 11.8 Å². The number of carbonyl (C=O) groups excluding carboxylic acids is 2. The maximum absolute atomic E-state index is 12.9. The van der Waals surface area contributed by atoms with Crippen LogP contribution < -0.4 is 10.2 Å². The fourth-order valence-electron chi connectivity index (χ4n) is 4.53. The molecule has 2 aliphatic rings. The summed E-state index contributed by atoms with van der Waals surface area (Å²) in [6.45, 7) is 12.3. The number of carbonyl (C=O) groups is 2. The number of aryl methyl sites for hydroxylation is 1. The van der Waals surface area contributed by atoms with Crippen molar-refractivity contribution in [3.8, 4) is 0 Å². The predicted molar refractivity (Wildman–Crippen MR) is 145 cm³/mol. The summed E-state index contributed by atoms with van der Waals surface area (Å²) in [4.78, 5) is 42.7. The average Bonchev–Trinajstić information content (AvgIpc) is 2.87.